The van der Waals surface area contributed by atoms with Gasteiger partial charge in [0.05, 0.1) is 21.8 Å². The van der Waals surface area contributed by atoms with Crippen molar-refractivity contribution in [3.05, 3.63) is 35.1 Å². The molecular weight excluding hydrogens is 324 g/mol. The Morgan fingerprint density at radius 3 is 2.95 bits per heavy atom. The molecule has 1 aromatic heterocycles. The second kappa shape index (κ2) is 5.91. The first kappa shape index (κ1) is 14.8. The summed E-state index contributed by atoms with van der Waals surface area (Å²) in [4.78, 5) is 19.3. The van der Waals surface area contributed by atoms with Crippen molar-refractivity contribution in [1.29, 1.82) is 0 Å². The van der Waals surface area contributed by atoms with Crippen LogP contribution in [0.25, 0.3) is 0 Å². The Balaban J connectivity index is 2.17. The molecule has 0 spiro atoms. The highest BCUT2D eigenvalue weighted by molar-refractivity contribution is 8.00. The van der Waals surface area contributed by atoms with Gasteiger partial charge in [0.15, 0.2) is 5.78 Å². The van der Waals surface area contributed by atoms with Crippen LogP contribution in [0.3, 0.4) is 0 Å². The van der Waals surface area contributed by atoms with Crippen molar-refractivity contribution in [2.24, 2.45) is 0 Å². The molecule has 1 aromatic carbocycles. The first-order chi connectivity index (χ1) is 10.2. The quantitative estimate of drug-likeness (QED) is 0.401. The van der Waals surface area contributed by atoms with Gasteiger partial charge < -0.3 is 5.32 Å². The number of benzene rings is 1. The highest BCUT2D eigenvalue weighted by Gasteiger charge is 2.25. The SMILES string of the molecule is CCC(=O)c1cnc(Cl)c2c1Nc1c(SC)cccc1S2. The second-order valence-electron chi connectivity index (χ2n) is 4.50. The zero-order valence-corrected chi connectivity index (χ0v) is 14.0. The minimum Gasteiger partial charge on any atom is -0.352 e. The van der Waals surface area contributed by atoms with Crippen molar-refractivity contribution in [3.63, 3.8) is 0 Å². The third-order valence-corrected chi connectivity index (χ3v) is 5.62. The number of hydrogen-bond donors (Lipinski definition) is 1. The predicted molar refractivity (Wildman–Crippen MR) is 89.5 cm³/mol. The first-order valence-corrected chi connectivity index (χ1v) is 8.91. The summed E-state index contributed by atoms with van der Waals surface area (Å²) < 4.78 is 0. The van der Waals surface area contributed by atoms with Crippen LogP contribution in [0.15, 0.2) is 39.1 Å². The summed E-state index contributed by atoms with van der Waals surface area (Å²) in [5.74, 6) is 0.0635. The lowest BCUT2D eigenvalue weighted by Gasteiger charge is -2.24. The summed E-state index contributed by atoms with van der Waals surface area (Å²) in [6.45, 7) is 1.85. The fourth-order valence-corrected chi connectivity index (χ4v) is 4.15. The third-order valence-electron chi connectivity index (χ3n) is 3.28. The summed E-state index contributed by atoms with van der Waals surface area (Å²) >= 11 is 9.44. The number of rotatable bonds is 3. The highest BCUT2D eigenvalue weighted by Crippen LogP contribution is 2.50. The Hall–Kier alpha value is -1.17. The number of Topliss-reactive ketones (excluding diaryl/α,β-unsaturated/α-hetero) is 1. The van der Waals surface area contributed by atoms with Crippen LogP contribution >= 0.6 is 35.1 Å². The Kier molecular flexibility index (Phi) is 4.15. The van der Waals surface area contributed by atoms with Gasteiger partial charge in [0.25, 0.3) is 0 Å². The van der Waals surface area contributed by atoms with Crippen LogP contribution in [0.1, 0.15) is 23.7 Å². The first-order valence-electron chi connectivity index (χ1n) is 6.49. The molecule has 0 saturated heterocycles. The molecule has 1 aliphatic rings. The molecule has 0 fully saturated rings. The number of nitrogens with zero attached hydrogens (tertiary/aromatic N) is 1. The molecule has 2 heterocycles. The maximum absolute atomic E-state index is 12.1. The van der Waals surface area contributed by atoms with Crippen molar-refractivity contribution in [2.45, 2.75) is 28.0 Å². The number of thioether (sulfide) groups is 1. The van der Waals surface area contributed by atoms with Crippen molar-refractivity contribution < 1.29 is 4.79 Å². The predicted octanol–water partition coefficient (Wildman–Crippen LogP) is 5.26. The lowest BCUT2D eigenvalue weighted by atomic mass is 10.1. The molecule has 0 saturated carbocycles. The van der Waals surface area contributed by atoms with E-state index in [2.05, 4.69) is 16.4 Å². The number of carbonyl (C=O) groups is 1. The molecule has 0 unspecified atom stereocenters. The number of aromatic nitrogens is 1. The van der Waals surface area contributed by atoms with E-state index >= 15 is 0 Å². The van der Waals surface area contributed by atoms with Crippen LogP contribution in [0.5, 0.6) is 0 Å². The molecule has 0 bridgehead atoms. The van der Waals surface area contributed by atoms with E-state index in [1.165, 1.54) is 0 Å². The number of para-hydroxylation sites is 1. The molecule has 3 nitrogen and oxygen atoms in total. The van der Waals surface area contributed by atoms with Crippen molar-refractivity contribution in [3.8, 4) is 0 Å². The van der Waals surface area contributed by atoms with Crippen LogP contribution in [0.2, 0.25) is 5.15 Å². The number of anilines is 2. The van der Waals surface area contributed by atoms with Crippen LogP contribution in [0, 0.1) is 0 Å². The van der Waals surface area contributed by atoms with Crippen molar-refractivity contribution in [2.75, 3.05) is 11.6 Å². The highest BCUT2D eigenvalue weighted by atomic mass is 35.5. The van der Waals surface area contributed by atoms with Crippen molar-refractivity contribution in [1.82, 2.24) is 4.98 Å². The number of halogens is 1. The van der Waals surface area contributed by atoms with Gasteiger partial charge in [-0.05, 0) is 18.4 Å². The summed E-state index contributed by atoms with van der Waals surface area (Å²) in [5, 5.41) is 3.82. The van der Waals surface area contributed by atoms with E-state index in [4.69, 9.17) is 11.6 Å². The Bertz CT molecular complexity index is 734. The fourth-order valence-electron chi connectivity index (χ4n) is 2.21. The molecule has 1 N–H and O–H groups in total. The van der Waals surface area contributed by atoms with E-state index in [1.807, 2.05) is 25.3 Å². The molecule has 0 atom stereocenters. The number of carbonyl (C=O) groups excluding carboxylic acids is 1. The van der Waals surface area contributed by atoms with Gasteiger partial charge in [-0.1, -0.05) is 36.4 Å². The van der Waals surface area contributed by atoms with E-state index in [0.29, 0.717) is 17.1 Å². The summed E-state index contributed by atoms with van der Waals surface area (Å²) in [6.07, 6.45) is 4.04. The largest absolute Gasteiger partial charge is 0.352 e. The smallest absolute Gasteiger partial charge is 0.166 e. The Labute approximate surface area is 136 Å². The van der Waals surface area contributed by atoms with Crippen LogP contribution in [-0.4, -0.2) is 17.0 Å². The molecule has 108 valence electrons. The van der Waals surface area contributed by atoms with Gasteiger partial charge in [-0.3, -0.25) is 4.79 Å². The van der Waals surface area contributed by atoms with Gasteiger partial charge in [0, 0.05) is 22.4 Å². The lowest BCUT2D eigenvalue weighted by Crippen LogP contribution is -2.09. The molecule has 2 aromatic rings. The minimum atomic E-state index is 0.0635. The van der Waals surface area contributed by atoms with Gasteiger partial charge in [-0.15, -0.1) is 11.8 Å². The van der Waals surface area contributed by atoms with E-state index in [9.17, 15) is 4.79 Å². The molecular formula is C15H13ClN2OS2. The molecule has 0 radical (unpaired) electrons. The van der Waals surface area contributed by atoms with Gasteiger partial charge in [0.1, 0.15) is 5.15 Å². The molecule has 1 aliphatic heterocycles. The zero-order valence-electron chi connectivity index (χ0n) is 11.6. The average Bonchev–Trinajstić information content (AvgIpc) is 2.52. The summed E-state index contributed by atoms with van der Waals surface area (Å²) in [6, 6.07) is 6.12. The van der Waals surface area contributed by atoms with E-state index in [1.54, 1.807) is 29.7 Å². The van der Waals surface area contributed by atoms with Crippen LogP contribution in [0.4, 0.5) is 11.4 Å². The maximum atomic E-state index is 12.1. The standard InChI is InChI=1S/C15H13ClN2OS2/c1-3-9(19)8-7-17-15(16)14-12(8)18-13-10(20-2)5-4-6-11(13)21-14/h4-7,18H,3H2,1-2H3. The number of nitrogens with one attached hydrogen (secondary N) is 1. The molecule has 0 amide bonds. The van der Waals surface area contributed by atoms with E-state index in [-0.39, 0.29) is 5.78 Å². The molecule has 0 aliphatic carbocycles. The van der Waals surface area contributed by atoms with Gasteiger partial charge >= 0.3 is 0 Å². The average molecular weight is 337 g/mol. The van der Waals surface area contributed by atoms with Crippen molar-refractivity contribution >= 4 is 52.3 Å². The Morgan fingerprint density at radius 1 is 1.43 bits per heavy atom. The normalized spacial score (nSPS) is 12.3. The van der Waals surface area contributed by atoms with Crippen LogP contribution in [-0.2, 0) is 0 Å². The monoisotopic (exact) mass is 336 g/mol. The Morgan fingerprint density at radius 2 is 2.24 bits per heavy atom. The van der Waals surface area contributed by atoms with Gasteiger partial charge in [0.2, 0.25) is 0 Å². The molecule has 6 heteroatoms. The molecule has 3 rings (SSSR count). The topological polar surface area (TPSA) is 42.0 Å². The van der Waals surface area contributed by atoms with Gasteiger partial charge in [-0.25, -0.2) is 4.98 Å². The number of fused-ring (bicyclic) bond motifs is 2. The van der Waals surface area contributed by atoms with E-state index < -0.39 is 0 Å². The van der Waals surface area contributed by atoms with E-state index in [0.717, 1.165) is 26.1 Å². The second-order valence-corrected chi connectivity index (χ2v) is 6.76. The zero-order chi connectivity index (χ0) is 15.0. The third kappa shape index (κ3) is 2.54. The van der Waals surface area contributed by atoms with Crippen LogP contribution < -0.4 is 5.32 Å². The minimum absolute atomic E-state index is 0.0635. The summed E-state index contributed by atoms with van der Waals surface area (Å²) in [5.41, 5.74) is 2.42. The van der Waals surface area contributed by atoms with Gasteiger partial charge in [-0.2, -0.15) is 0 Å². The number of ketones is 1. The number of pyridine rings is 1. The summed E-state index contributed by atoms with van der Waals surface area (Å²) in [7, 11) is 0. The molecule has 21 heavy (non-hydrogen) atoms. The lowest BCUT2D eigenvalue weighted by molar-refractivity contribution is 0.0988. The fraction of sp³-hybridized carbons (Fsp3) is 0.200. The number of hydrogen-bond acceptors (Lipinski definition) is 5. The maximum Gasteiger partial charge on any atom is 0.166 e.